The molecule has 0 unspecified atom stereocenters. The van der Waals surface area contributed by atoms with Crippen LogP contribution in [0.2, 0.25) is 0 Å². The lowest BCUT2D eigenvalue weighted by Gasteiger charge is -2.28. The van der Waals surface area contributed by atoms with Crippen LogP contribution in [-0.2, 0) is 10.3 Å². The number of rotatable bonds is 2. The average Bonchev–Trinajstić information content (AvgIpc) is 2.89. The summed E-state index contributed by atoms with van der Waals surface area (Å²) in [6.45, 7) is 3.84. The van der Waals surface area contributed by atoms with E-state index in [1.165, 1.54) is 0 Å². The zero-order valence-electron chi connectivity index (χ0n) is 13.5. The van der Waals surface area contributed by atoms with Crippen molar-refractivity contribution in [2.45, 2.75) is 19.4 Å². The molecule has 4 nitrogen and oxygen atoms in total. The molecule has 0 amide bonds. The molecule has 1 aliphatic rings. The fourth-order valence-corrected chi connectivity index (χ4v) is 3.21. The monoisotopic (exact) mass is 316 g/mol. The maximum absolute atomic E-state index is 12.5. The van der Waals surface area contributed by atoms with Crippen LogP contribution in [0.5, 0.6) is 0 Å². The normalized spacial score (nSPS) is 15.0. The van der Waals surface area contributed by atoms with Gasteiger partial charge in [0.05, 0.1) is 17.0 Å². The van der Waals surface area contributed by atoms with Gasteiger partial charge >= 0.3 is 5.97 Å². The third-order valence-corrected chi connectivity index (χ3v) is 4.27. The van der Waals surface area contributed by atoms with E-state index < -0.39 is 5.60 Å². The molecule has 3 aromatic rings. The van der Waals surface area contributed by atoms with Gasteiger partial charge in [0.15, 0.2) is 0 Å². The van der Waals surface area contributed by atoms with Gasteiger partial charge in [-0.3, -0.25) is 9.97 Å². The first-order chi connectivity index (χ1) is 11.6. The maximum atomic E-state index is 12.5. The topological polar surface area (TPSA) is 52.1 Å². The number of hydrogen-bond donors (Lipinski definition) is 0. The standard InChI is InChI=1S/C20H16N2O2/c1-13-7-5-11-17(21-13)20(18-12-6-8-14(2)22-18)16-10-4-3-9-15(16)19(23)24-20/h3-12H,1-2H3. The minimum absolute atomic E-state index is 0.350. The largest absolute Gasteiger partial charge is 0.437 e. The zero-order chi connectivity index (χ0) is 16.7. The SMILES string of the molecule is Cc1cccc(C2(c3cccc(C)n3)OC(=O)c3ccccc32)n1. The fourth-order valence-electron chi connectivity index (χ4n) is 3.21. The highest BCUT2D eigenvalue weighted by atomic mass is 16.6. The molecule has 0 saturated heterocycles. The van der Waals surface area contributed by atoms with E-state index in [1.54, 1.807) is 6.07 Å². The lowest BCUT2D eigenvalue weighted by atomic mass is 9.85. The van der Waals surface area contributed by atoms with Gasteiger partial charge in [-0.15, -0.1) is 0 Å². The lowest BCUT2D eigenvalue weighted by molar-refractivity contribution is 0.0225. The van der Waals surface area contributed by atoms with Gasteiger partial charge in [0.25, 0.3) is 0 Å². The smallest absolute Gasteiger partial charge is 0.340 e. The minimum atomic E-state index is -1.11. The number of aromatic nitrogens is 2. The number of hydrogen-bond acceptors (Lipinski definition) is 4. The van der Waals surface area contributed by atoms with Crippen molar-refractivity contribution in [2.75, 3.05) is 0 Å². The van der Waals surface area contributed by atoms with Crippen molar-refractivity contribution in [2.24, 2.45) is 0 Å². The van der Waals surface area contributed by atoms with Crippen LogP contribution >= 0.6 is 0 Å². The summed E-state index contributed by atoms with van der Waals surface area (Å²) in [4.78, 5) is 21.8. The molecule has 1 aliphatic heterocycles. The van der Waals surface area contributed by atoms with Gasteiger partial charge in [-0.05, 0) is 44.2 Å². The quantitative estimate of drug-likeness (QED) is 0.678. The van der Waals surface area contributed by atoms with E-state index in [9.17, 15) is 4.79 Å². The van der Waals surface area contributed by atoms with Crippen LogP contribution in [0.4, 0.5) is 0 Å². The molecule has 0 radical (unpaired) electrons. The van der Waals surface area contributed by atoms with Crippen molar-refractivity contribution in [3.8, 4) is 0 Å². The number of ether oxygens (including phenoxy) is 1. The summed E-state index contributed by atoms with van der Waals surface area (Å²) in [5, 5.41) is 0. The highest BCUT2D eigenvalue weighted by Crippen LogP contribution is 2.45. The fraction of sp³-hybridized carbons (Fsp3) is 0.150. The summed E-state index contributed by atoms with van der Waals surface area (Å²) in [6.07, 6.45) is 0. The van der Waals surface area contributed by atoms with Gasteiger partial charge in [-0.25, -0.2) is 4.79 Å². The molecule has 0 bridgehead atoms. The average molecular weight is 316 g/mol. The molecule has 3 heterocycles. The molecule has 4 rings (SSSR count). The molecule has 0 fully saturated rings. The van der Waals surface area contributed by atoms with E-state index in [1.807, 2.05) is 68.4 Å². The van der Waals surface area contributed by atoms with Crippen molar-refractivity contribution in [1.29, 1.82) is 0 Å². The number of aryl methyl sites for hydroxylation is 2. The Morgan fingerprint density at radius 2 is 1.38 bits per heavy atom. The molecule has 118 valence electrons. The molecule has 4 heteroatoms. The molecular weight excluding hydrogens is 300 g/mol. The van der Waals surface area contributed by atoms with E-state index in [2.05, 4.69) is 9.97 Å². The Bertz CT molecular complexity index is 904. The Morgan fingerprint density at radius 1 is 0.792 bits per heavy atom. The summed E-state index contributed by atoms with van der Waals surface area (Å²) in [5.41, 5.74) is 3.29. The number of esters is 1. The highest BCUT2D eigenvalue weighted by molar-refractivity contribution is 5.96. The van der Waals surface area contributed by atoms with Crippen molar-refractivity contribution >= 4 is 5.97 Å². The molecule has 0 aliphatic carbocycles. The molecular formula is C20H16N2O2. The second-order valence-corrected chi connectivity index (χ2v) is 5.94. The number of pyridine rings is 2. The van der Waals surface area contributed by atoms with Crippen molar-refractivity contribution in [3.05, 3.63) is 94.6 Å². The number of cyclic esters (lactones) is 1. The van der Waals surface area contributed by atoms with Crippen LogP contribution < -0.4 is 0 Å². The summed E-state index contributed by atoms with van der Waals surface area (Å²) < 4.78 is 5.94. The summed E-state index contributed by atoms with van der Waals surface area (Å²) >= 11 is 0. The van der Waals surface area contributed by atoms with Gasteiger partial charge in [0.1, 0.15) is 0 Å². The van der Waals surface area contributed by atoms with E-state index in [0.717, 1.165) is 17.0 Å². The second kappa shape index (κ2) is 5.27. The Labute approximate surface area is 140 Å². The predicted octanol–water partition coefficient (Wildman–Crippen LogP) is 3.56. The molecule has 0 atom stereocenters. The van der Waals surface area contributed by atoms with Crippen molar-refractivity contribution in [3.63, 3.8) is 0 Å². The van der Waals surface area contributed by atoms with Crippen LogP contribution in [0.1, 0.15) is 38.7 Å². The number of carbonyl (C=O) groups excluding carboxylic acids is 1. The van der Waals surface area contributed by atoms with E-state index in [4.69, 9.17) is 4.74 Å². The first kappa shape index (κ1) is 14.6. The van der Waals surface area contributed by atoms with Crippen LogP contribution in [0.3, 0.4) is 0 Å². The Balaban J connectivity index is 2.08. The van der Waals surface area contributed by atoms with Crippen LogP contribution in [0, 0.1) is 13.8 Å². The molecule has 0 N–H and O–H groups in total. The van der Waals surface area contributed by atoms with Gasteiger partial charge < -0.3 is 4.74 Å². The minimum Gasteiger partial charge on any atom is -0.437 e. The first-order valence-corrected chi connectivity index (χ1v) is 7.82. The Hall–Kier alpha value is -3.01. The summed E-state index contributed by atoms with van der Waals surface area (Å²) in [5.74, 6) is -0.350. The third-order valence-electron chi connectivity index (χ3n) is 4.27. The number of benzene rings is 1. The molecule has 2 aromatic heterocycles. The van der Waals surface area contributed by atoms with Gasteiger partial charge in [0.2, 0.25) is 5.60 Å². The van der Waals surface area contributed by atoms with E-state index >= 15 is 0 Å². The van der Waals surface area contributed by atoms with Crippen molar-refractivity contribution < 1.29 is 9.53 Å². The van der Waals surface area contributed by atoms with Gasteiger partial charge in [-0.2, -0.15) is 0 Å². The Kier molecular flexibility index (Phi) is 3.20. The van der Waals surface area contributed by atoms with Crippen LogP contribution in [0.25, 0.3) is 0 Å². The maximum Gasteiger partial charge on any atom is 0.340 e. The highest BCUT2D eigenvalue weighted by Gasteiger charge is 2.50. The van der Waals surface area contributed by atoms with Crippen LogP contribution in [-0.4, -0.2) is 15.9 Å². The molecule has 0 spiro atoms. The zero-order valence-corrected chi connectivity index (χ0v) is 13.5. The summed E-state index contributed by atoms with van der Waals surface area (Å²) in [6, 6.07) is 18.9. The molecule has 24 heavy (non-hydrogen) atoms. The first-order valence-electron chi connectivity index (χ1n) is 7.82. The van der Waals surface area contributed by atoms with Crippen molar-refractivity contribution in [1.82, 2.24) is 9.97 Å². The lowest BCUT2D eigenvalue weighted by Crippen LogP contribution is -2.32. The third kappa shape index (κ3) is 2.03. The number of nitrogens with zero attached hydrogens (tertiary/aromatic N) is 2. The number of fused-ring (bicyclic) bond motifs is 1. The van der Waals surface area contributed by atoms with E-state index in [-0.39, 0.29) is 5.97 Å². The van der Waals surface area contributed by atoms with Gasteiger partial charge in [-0.1, -0.05) is 30.3 Å². The predicted molar refractivity (Wildman–Crippen MR) is 89.7 cm³/mol. The van der Waals surface area contributed by atoms with Crippen LogP contribution in [0.15, 0.2) is 60.7 Å². The summed E-state index contributed by atoms with van der Waals surface area (Å²) in [7, 11) is 0. The molecule has 0 saturated carbocycles. The van der Waals surface area contributed by atoms with E-state index in [0.29, 0.717) is 17.0 Å². The second-order valence-electron chi connectivity index (χ2n) is 5.94. The number of carbonyl (C=O) groups is 1. The Morgan fingerprint density at radius 3 is 1.96 bits per heavy atom. The van der Waals surface area contributed by atoms with Gasteiger partial charge in [0, 0.05) is 17.0 Å². The molecule has 1 aromatic carbocycles.